The highest BCUT2D eigenvalue weighted by Gasteiger charge is 2.16. The van der Waals surface area contributed by atoms with Crippen molar-refractivity contribution in [3.63, 3.8) is 0 Å². The fourth-order valence-electron chi connectivity index (χ4n) is 2.70. The molecule has 138 valence electrons. The van der Waals surface area contributed by atoms with Crippen molar-refractivity contribution in [2.45, 2.75) is 96.1 Å². The van der Waals surface area contributed by atoms with Gasteiger partial charge in [0.15, 0.2) is 0 Å². The Bertz CT molecular complexity index is 274. The minimum atomic E-state index is -0.951. The standard InChI is InChI=1S/C18H37NO4/c1-2-3-4-5-6-7-8-9-10-11-16(21)12-14-19-17(13-15-20)18(22)23/h16-17,19-21H,2-15H2,1H3,(H,22,23)/t16?,17-/m0/s1. The molecule has 0 bridgehead atoms. The van der Waals surface area contributed by atoms with Crippen LogP contribution in [-0.4, -0.2) is 46.6 Å². The molecule has 2 atom stereocenters. The maximum atomic E-state index is 10.9. The average Bonchev–Trinajstić information content (AvgIpc) is 2.52. The molecule has 1 unspecified atom stereocenters. The van der Waals surface area contributed by atoms with Crippen molar-refractivity contribution < 1.29 is 20.1 Å². The lowest BCUT2D eigenvalue weighted by molar-refractivity contribution is -0.139. The van der Waals surface area contributed by atoms with E-state index in [1.165, 1.54) is 51.4 Å². The van der Waals surface area contributed by atoms with E-state index in [2.05, 4.69) is 12.2 Å². The summed E-state index contributed by atoms with van der Waals surface area (Å²) in [7, 11) is 0. The summed E-state index contributed by atoms with van der Waals surface area (Å²) < 4.78 is 0. The first kappa shape index (κ1) is 22.4. The average molecular weight is 331 g/mol. The number of carboxylic acids is 1. The van der Waals surface area contributed by atoms with Crippen molar-refractivity contribution in [2.75, 3.05) is 13.2 Å². The molecule has 0 heterocycles. The van der Waals surface area contributed by atoms with Crippen LogP contribution >= 0.6 is 0 Å². The first-order chi connectivity index (χ1) is 11.1. The van der Waals surface area contributed by atoms with Gasteiger partial charge >= 0.3 is 5.97 Å². The fraction of sp³-hybridized carbons (Fsp3) is 0.944. The van der Waals surface area contributed by atoms with E-state index >= 15 is 0 Å². The Morgan fingerprint density at radius 2 is 1.48 bits per heavy atom. The van der Waals surface area contributed by atoms with Crippen molar-refractivity contribution in [1.82, 2.24) is 5.32 Å². The summed E-state index contributed by atoms with van der Waals surface area (Å²) in [6, 6.07) is -0.722. The van der Waals surface area contributed by atoms with E-state index < -0.39 is 12.0 Å². The van der Waals surface area contributed by atoms with E-state index in [-0.39, 0.29) is 19.1 Å². The predicted octanol–water partition coefficient (Wildman–Crippen LogP) is 3.08. The van der Waals surface area contributed by atoms with Gasteiger partial charge in [-0.15, -0.1) is 0 Å². The molecule has 0 aliphatic carbocycles. The summed E-state index contributed by atoms with van der Waals surface area (Å²) in [5.41, 5.74) is 0. The van der Waals surface area contributed by atoms with Crippen LogP contribution in [0.1, 0.15) is 84.0 Å². The van der Waals surface area contributed by atoms with Crippen LogP contribution in [0.25, 0.3) is 0 Å². The van der Waals surface area contributed by atoms with E-state index in [9.17, 15) is 9.90 Å². The van der Waals surface area contributed by atoms with Gasteiger partial charge in [-0.05, 0) is 25.8 Å². The molecule has 0 aliphatic rings. The first-order valence-corrected chi connectivity index (χ1v) is 9.36. The Labute approximate surface area is 141 Å². The number of unbranched alkanes of at least 4 members (excludes halogenated alkanes) is 8. The summed E-state index contributed by atoms with van der Waals surface area (Å²) >= 11 is 0. The third kappa shape index (κ3) is 14.7. The Morgan fingerprint density at radius 1 is 0.913 bits per heavy atom. The lowest BCUT2D eigenvalue weighted by atomic mass is 10.0. The molecule has 0 aliphatic heterocycles. The molecule has 5 heteroatoms. The molecule has 0 fully saturated rings. The zero-order valence-electron chi connectivity index (χ0n) is 14.8. The highest BCUT2D eigenvalue weighted by Crippen LogP contribution is 2.12. The number of aliphatic hydroxyl groups is 2. The predicted molar refractivity (Wildman–Crippen MR) is 93.6 cm³/mol. The number of aliphatic carboxylic acids is 1. The third-order valence-electron chi connectivity index (χ3n) is 4.23. The summed E-state index contributed by atoms with van der Waals surface area (Å²) in [6.45, 7) is 2.55. The maximum Gasteiger partial charge on any atom is 0.320 e. The molecule has 0 spiro atoms. The Kier molecular flexibility index (Phi) is 15.8. The second-order valence-corrected chi connectivity index (χ2v) is 6.42. The first-order valence-electron chi connectivity index (χ1n) is 9.36. The number of aliphatic hydroxyl groups excluding tert-OH is 2. The number of hydrogen-bond acceptors (Lipinski definition) is 4. The van der Waals surface area contributed by atoms with Crippen molar-refractivity contribution >= 4 is 5.97 Å². The minimum absolute atomic E-state index is 0.148. The molecule has 0 aromatic rings. The number of rotatable bonds is 17. The van der Waals surface area contributed by atoms with Gasteiger partial charge in [0, 0.05) is 6.61 Å². The Hall–Kier alpha value is -0.650. The summed E-state index contributed by atoms with van der Waals surface area (Å²) in [5.74, 6) is -0.951. The molecule has 0 rings (SSSR count). The molecule has 0 radical (unpaired) electrons. The van der Waals surface area contributed by atoms with E-state index in [1.54, 1.807) is 0 Å². The smallest absolute Gasteiger partial charge is 0.320 e. The van der Waals surface area contributed by atoms with Crippen LogP contribution < -0.4 is 5.32 Å². The van der Waals surface area contributed by atoms with Gasteiger partial charge in [-0.2, -0.15) is 0 Å². The van der Waals surface area contributed by atoms with Crippen LogP contribution in [0.5, 0.6) is 0 Å². The van der Waals surface area contributed by atoms with Crippen LogP contribution in [0.15, 0.2) is 0 Å². The van der Waals surface area contributed by atoms with Gasteiger partial charge in [0.05, 0.1) is 6.10 Å². The molecule has 0 aromatic carbocycles. The van der Waals surface area contributed by atoms with Gasteiger partial charge in [-0.25, -0.2) is 0 Å². The highest BCUT2D eigenvalue weighted by atomic mass is 16.4. The second-order valence-electron chi connectivity index (χ2n) is 6.42. The van der Waals surface area contributed by atoms with E-state index in [4.69, 9.17) is 10.2 Å². The van der Waals surface area contributed by atoms with E-state index in [1.807, 2.05) is 0 Å². The largest absolute Gasteiger partial charge is 0.480 e. The van der Waals surface area contributed by atoms with E-state index in [0.29, 0.717) is 13.0 Å². The van der Waals surface area contributed by atoms with Gasteiger partial charge in [0.2, 0.25) is 0 Å². The summed E-state index contributed by atoms with van der Waals surface area (Å²) in [6.07, 6.45) is 12.6. The van der Waals surface area contributed by atoms with Crippen molar-refractivity contribution in [2.24, 2.45) is 0 Å². The zero-order chi connectivity index (χ0) is 17.3. The van der Waals surface area contributed by atoms with Gasteiger partial charge < -0.3 is 20.6 Å². The van der Waals surface area contributed by atoms with Gasteiger partial charge in [0.1, 0.15) is 6.04 Å². The molecular weight excluding hydrogens is 294 g/mol. The third-order valence-corrected chi connectivity index (χ3v) is 4.23. The number of nitrogens with one attached hydrogen (secondary N) is 1. The molecule has 4 N–H and O–H groups in total. The minimum Gasteiger partial charge on any atom is -0.480 e. The van der Waals surface area contributed by atoms with Crippen LogP contribution in [-0.2, 0) is 4.79 Å². The van der Waals surface area contributed by atoms with Gasteiger partial charge in [-0.3, -0.25) is 4.79 Å². The molecule has 0 aromatic heterocycles. The molecular formula is C18H37NO4. The van der Waals surface area contributed by atoms with Gasteiger partial charge in [-0.1, -0.05) is 64.7 Å². The Morgan fingerprint density at radius 3 is 2.00 bits per heavy atom. The fourth-order valence-corrected chi connectivity index (χ4v) is 2.70. The zero-order valence-corrected chi connectivity index (χ0v) is 14.8. The van der Waals surface area contributed by atoms with Crippen molar-refractivity contribution in [1.29, 1.82) is 0 Å². The number of carbonyl (C=O) groups is 1. The summed E-state index contributed by atoms with van der Waals surface area (Å²) in [5, 5.41) is 30.5. The summed E-state index contributed by atoms with van der Waals surface area (Å²) in [4.78, 5) is 10.9. The van der Waals surface area contributed by atoms with Crippen LogP contribution in [0.4, 0.5) is 0 Å². The Balaban J connectivity index is 3.43. The number of hydrogen-bond donors (Lipinski definition) is 4. The van der Waals surface area contributed by atoms with Crippen molar-refractivity contribution in [3.8, 4) is 0 Å². The van der Waals surface area contributed by atoms with Crippen LogP contribution in [0.2, 0.25) is 0 Å². The van der Waals surface area contributed by atoms with Gasteiger partial charge in [0.25, 0.3) is 0 Å². The van der Waals surface area contributed by atoms with Crippen molar-refractivity contribution in [3.05, 3.63) is 0 Å². The molecule has 5 nitrogen and oxygen atoms in total. The lowest BCUT2D eigenvalue weighted by Crippen LogP contribution is -2.38. The topological polar surface area (TPSA) is 89.8 Å². The molecule has 0 saturated carbocycles. The molecule has 23 heavy (non-hydrogen) atoms. The van der Waals surface area contributed by atoms with Crippen LogP contribution in [0.3, 0.4) is 0 Å². The van der Waals surface area contributed by atoms with E-state index in [0.717, 1.165) is 12.8 Å². The monoisotopic (exact) mass is 331 g/mol. The SMILES string of the molecule is CCCCCCCCCCCC(O)CCN[C@@H](CCO)C(=O)O. The van der Waals surface area contributed by atoms with Crippen LogP contribution in [0, 0.1) is 0 Å². The normalized spacial score (nSPS) is 13.9. The quantitative estimate of drug-likeness (QED) is 0.308. The molecule has 0 saturated heterocycles. The maximum absolute atomic E-state index is 10.9. The lowest BCUT2D eigenvalue weighted by Gasteiger charge is -2.15. The molecule has 0 amide bonds. The highest BCUT2D eigenvalue weighted by molar-refractivity contribution is 5.73. The number of carboxylic acid groups (broad SMARTS) is 1. The second kappa shape index (κ2) is 16.2.